The number of nitrogens with one attached hydrogen (secondary N) is 1. The average Bonchev–Trinajstić information content (AvgIpc) is 2.72. The summed E-state index contributed by atoms with van der Waals surface area (Å²) in [5, 5.41) is 9.59. The lowest BCUT2D eigenvalue weighted by molar-refractivity contribution is 0.337. The summed E-state index contributed by atoms with van der Waals surface area (Å²) in [6.45, 7) is 21.3. The summed E-state index contributed by atoms with van der Waals surface area (Å²) < 4.78 is 0. The van der Waals surface area contributed by atoms with E-state index in [0.29, 0.717) is 5.92 Å². The van der Waals surface area contributed by atoms with Gasteiger partial charge in [-0.15, -0.1) is 6.58 Å². The quantitative estimate of drug-likeness (QED) is 0.228. The molecule has 1 N–H and O–H groups in total. The van der Waals surface area contributed by atoms with Gasteiger partial charge in [-0.1, -0.05) is 38.5 Å². The Labute approximate surface area is 173 Å². The third-order valence-electron chi connectivity index (χ3n) is 5.74. The van der Waals surface area contributed by atoms with Gasteiger partial charge in [0.1, 0.15) is 0 Å². The molecule has 158 valence electrons. The Morgan fingerprint density at radius 1 is 1.25 bits per heavy atom. The highest BCUT2D eigenvalue weighted by Crippen LogP contribution is 2.26. The molecule has 1 atom stereocenters. The Kier molecular flexibility index (Phi) is 12.5. The molecule has 4 heteroatoms. The van der Waals surface area contributed by atoms with E-state index in [1.165, 1.54) is 37.8 Å². The number of aliphatic imine (C=N–C) groups is 1. The molecule has 1 fully saturated rings. The van der Waals surface area contributed by atoms with Crippen LogP contribution in [-0.2, 0) is 0 Å². The lowest BCUT2D eigenvalue weighted by atomic mass is 9.92. The van der Waals surface area contributed by atoms with Crippen molar-refractivity contribution in [2.75, 3.05) is 19.6 Å². The van der Waals surface area contributed by atoms with E-state index in [1.54, 1.807) is 0 Å². The van der Waals surface area contributed by atoms with Gasteiger partial charge in [-0.05, 0) is 77.3 Å². The Hall–Kier alpha value is -1.68. The summed E-state index contributed by atoms with van der Waals surface area (Å²) in [5.41, 5.74) is 2.97. The molecular formula is C24H42N4. The minimum absolute atomic E-state index is 0.696. The molecule has 1 rings (SSSR count). The van der Waals surface area contributed by atoms with E-state index in [4.69, 9.17) is 4.99 Å². The Balaban J connectivity index is 2.65. The van der Waals surface area contributed by atoms with Crippen LogP contribution in [0.3, 0.4) is 0 Å². The first-order valence-electron chi connectivity index (χ1n) is 11.0. The van der Waals surface area contributed by atoms with Gasteiger partial charge in [-0.25, -0.2) is 5.01 Å². The van der Waals surface area contributed by atoms with Crippen LogP contribution in [0.4, 0.5) is 0 Å². The highest BCUT2D eigenvalue weighted by molar-refractivity contribution is 5.97. The molecule has 1 heterocycles. The number of rotatable bonds is 14. The average molecular weight is 387 g/mol. The van der Waals surface area contributed by atoms with Crippen LogP contribution in [0.15, 0.2) is 46.8 Å². The Morgan fingerprint density at radius 2 is 1.96 bits per heavy atom. The zero-order chi connectivity index (χ0) is 20.8. The van der Waals surface area contributed by atoms with Gasteiger partial charge in [0.2, 0.25) is 0 Å². The molecular weight excluding hydrogens is 344 g/mol. The Bertz CT molecular complexity index is 541. The molecule has 0 radical (unpaired) electrons. The first-order chi connectivity index (χ1) is 13.6. The Morgan fingerprint density at radius 3 is 2.54 bits per heavy atom. The van der Waals surface area contributed by atoms with Crippen molar-refractivity contribution in [1.82, 2.24) is 10.3 Å². The molecule has 0 aromatic rings. The number of hydrogen-bond donors (Lipinski definition) is 1. The van der Waals surface area contributed by atoms with Crippen molar-refractivity contribution in [2.45, 2.75) is 72.1 Å². The van der Waals surface area contributed by atoms with E-state index in [9.17, 15) is 0 Å². The summed E-state index contributed by atoms with van der Waals surface area (Å²) in [4.78, 5) is 4.81. The van der Waals surface area contributed by atoms with E-state index in [-0.39, 0.29) is 0 Å². The van der Waals surface area contributed by atoms with Gasteiger partial charge >= 0.3 is 0 Å². The van der Waals surface area contributed by atoms with E-state index >= 15 is 0 Å². The van der Waals surface area contributed by atoms with Crippen molar-refractivity contribution >= 4 is 12.4 Å². The lowest BCUT2D eigenvalue weighted by Gasteiger charge is -2.29. The molecule has 0 saturated carbocycles. The second kappa shape index (κ2) is 14.3. The van der Waals surface area contributed by atoms with Crippen molar-refractivity contribution in [3.8, 4) is 0 Å². The molecule has 0 bridgehead atoms. The number of nitrogens with zero attached hydrogens (tertiary/aromatic N) is 3. The van der Waals surface area contributed by atoms with Crippen LogP contribution in [0.25, 0.3) is 0 Å². The van der Waals surface area contributed by atoms with Gasteiger partial charge in [0.25, 0.3) is 0 Å². The summed E-state index contributed by atoms with van der Waals surface area (Å²) in [5.74, 6) is 1.42. The fourth-order valence-corrected chi connectivity index (χ4v) is 3.91. The first-order valence-corrected chi connectivity index (χ1v) is 11.0. The van der Waals surface area contributed by atoms with Crippen LogP contribution in [0.5, 0.6) is 0 Å². The van der Waals surface area contributed by atoms with Crippen molar-refractivity contribution in [1.29, 1.82) is 0 Å². The first kappa shape index (κ1) is 24.4. The summed E-state index contributed by atoms with van der Waals surface area (Å²) in [6.07, 6.45) is 13.5. The smallest absolute Gasteiger partial charge is 0.0784 e. The monoisotopic (exact) mass is 386 g/mol. The summed E-state index contributed by atoms with van der Waals surface area (Å²) in [7, 11) is 0. The zero-order valence-corrected chi connectivity index (χ0v) is 18.6. The molecule has 0 aliphatic carbocycles. The maximum Gasteiger partial charge on any atom is 0.0784 e. The lowest BCUT2D eigenvalue weighted by Crippen LogP contribution is -2.29. The third kappa shape index (κ3) is 8.55. The van der Waals surface area contributed by atoms with Gasteiger partial charge in [0.05, 0.1) is 11.4 Å². The van der Waals surface area contributed by atoms with Gasteiger partial charge < -0.3 is 5.32 Å². The van der Waals surface area contributed by atoms with Crippen molar-refractivity contribution < 1.29 is 0 Å². The standard InChI is InChI=1S/C24H42N4/c1-7-10-12-22(11-8-2)15-18-27-20(4)21(5)28(25-6)24(9-3)19-23-13-16-26-17-14-23/h7,9,22-23,26H,1,5-6,8,10-19H2,2-4H3/b24-9-,27-20-. The molecule has 28 heavy (non-hydrogen) atoms. The summed E-state index contributed by atoms with van der Waals surface area (Å²) >= 11 is 0. The molecule has 1 saturated heterocycles. The van der Waals surface area contributed by atoms with Crippen LogP contribution in [0.1, 0.15) is 72.1 Å². The summed E-state index contributed by atoms with van der Waals surface area (Å²) in [6, 6.07) is 0. The fraction of sp³-hybridized carbons (Fsp3) is 0.667. The minimum Gasteiger partial charge on any atom is -0.317 e. The third-order valence-corrected chi connectivity index (χ3v) is 5.74. The fourth-order valence-electron chi connectivity index (χ4n) is 3.91. The molecule has 1 unspecified atom stereocenters. The van der Waals surface area contributed by atoms with E-state index < -0.39 is 0 Å². The van der Waals surface area contributed by atoms with Crippen LogP contribution in [0, 0.1) is 11.8 Å². The maximum absolute atomic E-state index is 4.81. The molecule has 0 spiro atoms. The SMILES string of the molecule is C=CCCC(CCC)CC/N=C(/C)C(=C)N(N=C)/C(=C\C)CC1CCNCC1. The molecule has 1 aliphatic heterocycles. The molecule has 4 nitrogen and oxygen atoms in total. The highest BCUT2D eigenvalue weighted by atomic mass is 15.5. The molecule has 0 amide bonds. The second-order valence-corrected chi connectivity index (χ2v) is 7.85. The van der Waals surface area contributed by atoms with Gasteiger partial charge in [-0.2, -0.15) is 5.10 Å². The predicted molar refractivity (Wildman–Crippen MR) is 125 cm³/mol. The van der Waals surface area contributed by atoms with E-state index in [1.807, 2.05) is 18.0 Å². The number of allylic oxidation sites excluding steroid dienone is 4. The van der Waals surface area contributed by atoms with Crippen LogP contribution in [-0.4, -0.2) is 37.1 Å². The second-order valence-electron chi connectivity index (χ2n) is 7.85. The normalized spacial score (nSPS) is 17.2. The van der Waals surface area contributed by atoms with Gasteiger partial charge in [0, 0.05) is 19.0 Å². The minimum atomic E-state index is 0.696. The number of piperidine rings is 1. The number of hydrogen-bond acceptors (Lipinski definition) is 4. The highest BCUT2D eigenvalue weighted by Gasteiger charge is 2.20. The van der Waals surface area contributed by atoms with Crippen molar-refractivity contribution in [3.05, 3.63) is 36.7 Å². The molecule has 0 aromatic carbocycles. The zero-order valence-electron chi connectivity index (χ0n) is 18.6. The van der Waals surface area contributed by atoms with Crippen LogP contribution >= 0.6 is 0 Å². The van der Waals surface area contributed by atoms with Gasteiger partial charge in [-0.3, -0.25) is 4.99 Å². The molecule has 0 aromatic heterocycles. The van der Waals surface area contributed by atoms with Crippen LogP contribution in [0.2, 0.25) is 0 Å². The molecule has 1 aliphatic rings. The topological polar surface area (TPSA) is 40.0 Å². The number of hydrazone groups is 1. The predicted octanol–water partition coefficient (Wildman–Crippen LogP) is 5.94. The van der Waals surface area contributed by atoms with Crippen molar-refractivity contribution in [2.24, 2.45) is 21.9 Å². The largest absolute Gasteiger partial charge is 0.317 e. The van der Waals surface area contributed by atoms with Gasteiger partial charge in [0.15, 0.2) is 0 Å². The van der Waals surface area contributed by atoms with E-state index in [2.05, 4.69) is 50.2 Å². The maximum atomic E-state index is 4.81. The van der Waals surface area contributed by atoms with Crippen molar-refractivity contribution in [3.63, 3.8) is 0 Å². The van der Waals surface area contributed by atoms with E-state index in [0.717, 1.165) is 56.2 Å². The van der Waals surface area contributed by atoms with Crippen LogP contribution < -0.4 is 5.32 Å².